The van der Waals surface area contributed by atoms with Crippen LogP contribution in [0.5, 0.6) is 0 Å². The summed E-state index contributed by atoms with van der Waals surface area (Å²) in [7, 11) is 0. The number of nitrogens with one attached hydrogen (secondary N) is 1. The van der Waals surface area contributed by atoms with E-state index in [1.807, 2.05) is 0 Å². The number of amides is 2. The van der Waals surface area contributed by atoms with E-state index in [1.165, 1.54) is 0 Å². The van der Waals surface area contributed by atoms with Gasteiger partial charge in [0, 0.05) is 36.0 Å². The van der Waals surface area contributed by atoms with E-state index < -0.39 is 35.6 Å². The number of benzene rings is 2. The molecule has 1 fully saturated rings. The van der Waals surface area contributed by atoms with E-state index in [0.717, 1.165) is 5.39 Å². The highest BCUT2D eigenvalue weighted by atomic mass is 19.4. The highest BCUT2D eigenvalue weighted by molar-refractivity contribution is 6.04. The number of anilines is 1. The molecule has 0 saturated heterocycles. The molecular weight excluding hydrogens is 455 g/mol. The second-order valence-electron chi connectivity index (χ2n) is 8.11. The number of aromatic nitrogens is 2. The number of halogens is 3. The van der Waals surface area contributed by atoms with Crippen LogP contribution in [0.1, 0.15) is 29.6 Å². The van der Waals surface area contributed by atoms with Gasteiger partial charge in [-0.15, -0.1) is 0 Å². The zero-order valence-electron chi connectivity index (χ0n) is 17.6. The minimum absolute atomic E-state index is 0.0635. The lowest BCUT2D eigenvalue weighted by molar-refractivity contribution is -0.213. The second-order valence-corrected chi connectivity index (χ2v) is 8.11. The van der Waals surface area contributed by atoms with E-state index in [-0.39, 0.29) is 19.3 Å². The van der Waals surface area contributed by atoms with Gasteiger partial charge in [-0.2, -0.15) is 18.3 Å². The molecule has 0 bridgehead atoms. The number of alkyl halides is 3. The fourth-order valence-electron chi connectivity index (χ4n) is 3.92. The Bertz CT molecular complexity index is 1270. The largest absolute Gasteiger partial charge is 0.490 e. The summed E-state index contributed by atoms with van der Waals surface area (Å²) in [5.41, 5.74) is 11.2. The molecule has 2 aromatic carbocycles. The standard InChI is InChI=1S/C22H20F3N5O4/c23-22(24,25)20(33)34-21(27)9-8-12(10-21)19(32)28-14-4-6-15(7-5-14)30-11-13-2-1-3-16(18(26)31)17(13)29-30/h1-7,11-12H,8-10,27H2,(H2,26,31)(H,28,32)/t12-,21+/m1/s1. The molecule has 9 nitrogen and oxygen atoms in total. The summed E-state index contributed by atoms with van der Waals surface area (Å²) in [5.74, 6) is -4.12. The first-order valence-electron chi connectivity index (χ1n) is 10.2. The van der Waals surface area contributed by atoms with Crippen molar-refractivity contribution >= 4 is 34.4 Å². The second kappa shape index (κ2) is 8.45. The minimum atomic E-state index is -5.16. The molecule has 5 N–H and O–H groups in total. The molecule has 1 saturated carbocycles. The summed E-state index contributed by atoms with van der Waals surface area (Å²) < 4.78 is 43.3. The Morgan fingerprint density at radius 2 is 1.85 bits per heavy atom. The molecule has 1 aliphatic rings. The molecule has 1 aromatic heterocycles. The highest BCUT2D eigenvalue weighted by Crippen LogP contribution is 2.36. The monoisotopic (exact) mass is 475 g/mol. The zero-order valence-corrected chi connectivity index (χ0v) is 17.6. The molecule has 1 heterocycles. The normalized spacial score (nSPS) is 20.3. The number of hydrogen-bond donors (Lipinski definition) is 3. The molecule has 0 spiro atoms. The maximum atomic E-state index is 12.6. The number of primary amides is 1. The van der Waals surface area contributed by atoms with Crippen molar-refractivity contribution in [2.75, 3.05) is 5.32 Å². The number of nitrogens with two attached hydrogens (primary N) is 2. The predicted molar refractivity (Wildman–Crippen MR) is 115 cm³/mol. The number of fused-ring (bicyclic) bond motifs is 1. The number of carbonyl (C=O) groups excluding carboxylic acids is 3. The first kappa shape index (κ1) is 23.2. The van der Waals surface area contributed by atoms with Gasteiger partial charge >= 0.3 is 12.1 Å². The van der Waals surface area contributed by atoms with E-state index in [0.29, 0.717) is 22.5 Å². The Morgan fingerprint density at radius 3 is 2.50 bits per heavy atom. The molecule has 4 rings (SSSR count). The van der Waals surface area contributed by atoms with E-state index in [4.69, 9.17) is 11.5 Å². The van der Waals surface area contributed by atoms with Crippen LogP contribution in [0.2, 0.25) is 0 Å². The number of esters is 1. The molecule has 34 heavy (non-hydrogen) atoms. The van der Waals surface area contributed by atoms with E-state index in [1.54, 1.807) is 53.3 Å². The van der Waals surface area contributed by atoms with Crippen molar-refractivity contribution in [3.8, 4) is 5.69 Å². The Morgan fingerprint density at radius 1 is 1.15 bits per heavy atom. The van der Waals surface area contributed by atoms with Crippen molar-refractivity contribution in [3.63, 3.8) is 0 Å². The third-order valence-corrected chi connectivity index (χ3v) is 5.61. The number of hydrogen-bond acceptors (Lipinski definition) is 6. The van der Waals surface area contributed by atoms with Crippen LogP contribution < -0.4 is 16.8 Å². The molecule has 0 aliphatic heterocycles. The molecule has 2 amide bonds. The van der Waals surface area contributed by atoms with Crippen LogP contribution in [-0.2, 0) is 14.3 Å². The number of carbonyl (C=O) groups is 3. The van der Waals surface area contributed by atoms with Crippen molar-refractivity contribution in [1.29, 1.82) is 0 Å². The molecule has 0 radical (unpaired) electrons. The average molecular weight is 475 g/mol. The van der Waals surface area contributed by atoms with Gasteiger partial charge in [-0.05, 0) is 36.8 Å². The summed E-state index contributed by atoms with van der Waals surface area (Å²) >= 11 is 0. The van der Waals surface area contributed by atoms with Crippen LogP contribution in [0.15, 0.2) is 48.7 Å². The summed E-state index contributed by atoms with van der Waals surface area (Å²) in [4.78, 5) is 35.3. The highest BCUT2D eigenvalue weighted by Gasteiger charge is 2.49. The Balaban J connectivity index is 1.42. The van der Waals surface area contributed by atoms with Gasteiger partial charge in [-0.25, -0.2) is 9.48 Å². The topological polar surface area (TPSA) is 142 Å². The fraction of sp³-hybridized carbons (Fsp3) is 0.273. The SMILES string of the molecule is NC(=O)c1cccc2cn(-c3ccc(NC(=O)[C@@H]4CC[C@](N)(OC(=O)C(F)(F)F)C4)cc3)nc12. The predicted octanol–water partition coefficient (Wildman–Crippen LogP) is 2.62. The van der Waals surface area contributed by atoms with Gasteiger partial charge in [-0.1, -0.05) is 12.1 Å². The van der Waals surface area contributed by atoms with Crippen LogP contribution >= 0.6 is 0 Å². The Hall–Kier alpha value is -3.93. The van der Waals surface area contributed by atoms with Crippen LogP contribution in [0, 0.1) is 5.92 Å². The van der Waals surface area contributed by atoms with Crippen molar-refractivity contribution in [2.45, 2.75) is 31.2 Å². The molecule has 1 aliphatic carbocycles. The van der Waals surface area contributed by atoms with Crippen LogP contribution in [-0.4, -0.2) is 39.5 Å². The van der Waals surface area contributed by atoms with Gasteiger partial charge < -0.3 is 15.8 Å². The van der Waals surface area contributed by atoms with Crippen molar-refractivity contribution < 1.29 is 32.3 Å². The first-order valence-corrected chi connectivity index (χ1v) is 10.2. The lowest BCUT2D eigenvalue weighted by Gasteiger charge is -2.24. The van der Waals surface area contributed by atoms with Gasteiger partial charge in [-0.3, -0.25) is 15.3 Å². The fourth-order valence-corrected chi connectivity index (χ4v) is 3.92. The molecule has 2 atom stereocenters. The molecule has 3 aromatic rings. The van der Waals surface area contributed by atoms with Gasteiger partial charge in [0.05, 0.1) is 11.3 Å². The van der Waals surface area contributed by atoms with Crippen LogP contribution in [0.25, 0.3) is 16.6 Å². The smallest absolute Gasteiger partial charge is 0.437 e. The van der Waals surface area contributed by atoms with Crippen LogP contribution in [0.3, 0.4) is 0 Å². The van der Waals surface area contributed by atoms with Crippen LogP contribution in [0.4, 0.5) is 18.9 Å². The Kier molecular flexibility index (Phi) is 5.77. The molecule has 178 valence electrons. The third-order valence-electron chi connectivity index (χ3n) is 5.61. The zero-order chi connectivity index (χ0) is 24.7. The first-order chi connectivity index (χ1) is 15.9. The Labute approximate surface area is 190 Å². The average Bonchev–Trinajstić information content (AvgIpc) is 3.37. The minimum Gasteiger partial charge on any atom is -0.437 e. The summed E-state index contributed by atoms with van der Waals surface area (Å²) in [5, 5.41) is 7.82. The summed E-state index contributed by atoms with van der Waals surface area (Å²) in [6.07, 6.45) is -3.53. The van der Waals surface area contributed by atoms with Gasteiger partial charge in [0.15, 0.2) is 5.72 Å². The van der Waals surface area contributed by atoms with Gasteiger partial charge in [0.1, 0.15) is 5.52 Å². The van der Waals surface area contributed by atoms with Crippen molar-refractivity contribution in [3.05, 3.63) is 54.2 Å². The van der Waals surface area contributed by atoms with Gasteiger partial charge in [0.2, 0.25) is 5.91 Å². The van der Waals surface area contributed by atoms with Gasteiger partial charge in [0.25, 0.3) is 5.91 Å². The number of nitrogens with zero attached hydrogens (tertiary/aromatic N) is 2. The summed E-state index contributed by atoms with van der Waals surface area (Å²) in [6.45, 7) is 0. The van der Waals surface area contributed by atoms with Crippen molar-refractivity contribution in [1.82, 2.24) is 9.78 Å². The quantitative estimate of drug-likeness (QED) is 0.383. The lowest BCUT2D eigenvalue weighted by Crippen LogP contribution is -2.45. The third kappa shape index (κ3) is 4.71. The number of rotatable bonds is 5. The maximum absolute atomic E-state index is 12.6. The van der Waals surface area contributed by atoms with Crippen molar-refractivity contribution in [2.24, 2.45) is 17.4 Å². The number of ether oxygens (including phenoxy) is 1. The van der Waals surface area contributed by atoms with E-state index in [9.17, 15) is 27.6 Å². The summed E-state index contributed by atoms with van der Waals surface area (Å²) in [6, 6.07) is 11.7. The maximum Gasteiger partial charge on any atom is 0.490 e. The molecular formula is C22H20F3N5O4. The van der Waals surface area contributed by atoms with E-state index in [2.05, 4.69) is 15.2 Å². The van der Waals surface area contributed by atoms with E-state index >= 15 is 0 Å². The lowest BCUT2D eigenvalue weighted by atomic mass is 10.1. The molecule has 12 heteroatoms. The molecule has 0 unspecified atom stereocenters.